The standard InChI is InChI=1S/C18H18F2N6O2/c19-9-5-13(16(21)22-6-9)26-8-24-15-14(11(20)7-23-17(15)26)25-12-4-2-1-3-10(12)18(27)28/h5-8,10,12H,1-4H2,(H2,21,22)(H,23,25)(H,27,28)/t10-,12?/m0/s1. The highest BCUT2D eigenvalue weighted by Crippen LogP contribution is 2.32. The highest BCUT2D eigenvalue weighted by atomic mass is 19.1. The Bertz CT molecular complexity index is 1050. The third kappa shape index (κ3) is 3.10. The van der Waals surface area contributed by atoms with Crippen molar-refractivity contribution in [3.8, 4) is 5.69 Å². The van der Waals surface area contributed by atoms with Crippen molar-refractivity contribution in [3.63, 3.8) is 0 Å². The summed E-state index contributed by atoms with van der Waals surface area (Å²) in [5, 5.41) is 12.5. The lowest BCUT2D eigenvalue weighted by Gasteiger charge is -2.30. The maximum atomic E-state index is 14.5. The Morgan fingerprint density at radius 2 is 2.00 bits per heavy atom. The quantitative estimate of drug-likeness (QED) is 0.629. The minimum atomic E-state index is -0.910. The predicted octanol–water partition coefficient (Wildman–Crippen LogP) is 2.73. The first-order valence-electron chi connectivity index (χ1n) is 8.88. The number of anilines is 2. The number of nitrogen functional groups attached to an aromatic ring is 1. The van der Waals surface area contributed by atoms with Gasteiger partial charge in [0.05, 0.1) is 24.0 Å². The van der Waals surface area contributed by atoms with Gasteiger partial charge in [-0.15, -0.1) is 0 Å². The maximum absolute atomic E-state index is 14.5. The lowest BCUT2D eigenvalue weighted by Crippen LogP contribution is -2.37. The van der Waals surface area contributed by atoms with Crippen molar-refractivity contribution in [3.05, 3.63) is 36.4 Å². The predicted molar refractivity (Wildman–Crippen MR) is 98.0 cm³/mol. The number of hydrogen-bond donors (Lipinski definition) is 3. The Labute approximate surface area is 158 Å². The van der Waals surface area contributed by atoms with Crippen LogP contribution in [-0.4, -0.2) is 36.6 Å². The van der Waals surface area contributed by atoms with Crippen molar-refractivity contribution in [1.29, 1.82) is 0 Å². The van der Waals surface area contributed by atoms with Crippen molar-refractivity contribution < 1.29 is 18.7 Å². The summed E-state index contributed by atoms with van der Waals surface area (Å²) in [5.74, 6) is -2.68. The van der Waals surface area contributed by atoms with Crippen molar-refractivity contribution in [2.75, 3.05) is 11.1 Å². The lowest BCUT2D eigenvalue weighted by atomic mass is 9.84. The largest absolute Gasteiger partial charge is 0.481 e. The molecule has 0 bridgehead atoms. The molecule has 1 fully saturated rings. The van der Waals surface area contributed by atoms with Crippen LogP contribution in [0.5, 0.6) is 0 Å². The first kappa shape index (κ1) is 18.1. The van der Waals surface area contributed by atoms with Crippen LogP contribution in [0.2, 0.25) is 0 Å². The number of nitrogens with zero attached hydrogens (tertiary/aromatic N) is 4. The molecule has 0 aromatic carbocycles. The molecule has 1 unspecified atom stereocenters. The molecule has 8 nitrogen and oxygen atoms in total. The Kier molecular flexibility index (Phi) is 4.54. The topological polar surface area (TPSA) is 119 Å². The molecular formula is C18H18F2N6O2. The van der Waals surface area contributed by atoms with E-state index in [4.69, 9.17) is 5.73 Å². The van der Waals surface area contributed by atoms with Crippen LogP contribution >= 0.6 is 0 Å². The average Bonchev–Trinajstić information content (AvgIpc) is 3.10. The van der Waals surface area contributed by atoms with Crippen molar-refractivity contribution in [2.45, 2.75) is 31.7 Å². The summed E-state index contributed by atoms with van der Waals surface area (Å²) in [4.78, 5) is 23.6. The normalized spacial score (nSPS) is 19.6. The van der Waals surface area contributed by atoms with Gasteiger partial charge in [-0.3, -0.25) is 9.36 Å². The number of rotatable bonds is 4. The van der Waals surface area contributed by atoms with Gasteiger partial charge in [0.25, 0.3) is 0 Å². The Morgan fingerprint density at radius 3 is 2.79 bits per heavy atom. The molecule has 3 aromatic rings. The zero-order valence-corrected chi connectivity index (χ0v) is 14.8. The summed E-state index contributed by atoms with van der Waals surface area (Å²) < 4.78 is 29.6. The fourth-order valence-corrected chi connectivity index (χ4v) is 3.67. The molecule has 1 saturated carbocycles. The molecule has 28 heavy (non-hydrogen) atoms. The van der Waals surface area contributed by atoms with E-state index in [1.165, 1.54) is 17.0 Å². The molecule has 0 saturated heterocycles. The van der Waals surface area contributed by atoms with Gasteiger partial charge in [-0.05, 0) is 12.8 Å². The minimum Gasteiger partial charge on any atom is -0.481 e. The SMILES string of the molecule is Nc1ncc(F)cc1-n1cnc2c(NC3CCCC[C@@H]3C(=O)O)c(F)cnc21. The van der Waals surface area contributed by atoms with Crippen LogP contribution in [0, 0.1) is 17.6 Å². The van der Waals surface area contributed by atoms with E-state index in [1.54, 1.807) is 0 Å². The van der Waals surface area contributed by atoms with Gasteiger partial charge in [0, 0.05) is 12.1 Å². The van der Waals surface area contributed by atoms with Crippen LogP contribution in [0.15, 0.2) is 24.8 Å². The van der Waals surface area contributed by atoms with E-state index in [0.717, 1.165) is 25.2 Å². The second kappa shape index (κ2) is 7.02. The number of carbonyl (C=O) groups is 1. The summed E-state index contributed by atoms with van der Waals surface area (Å²) >= 11 is 0. The fraction of sp³-hybridized carbons (Fsp3) is 0.333. The molecule has 2 atom stereocenters. The van der Waals surface area contributed by atoms with Crippen LogP contribution < -0.4 is 11.1 Å². The molecular weight excluding hydrogens is 370 g/mol. The van der Waals surface area contributed by atoms with E-state index < -0.39 is 29.6 Å². The zero-order valence-electron chi connectivity index (χ0n) is 14.8. The maximum Gasteiger partial charge on any atom is 0.308 e. The van der Waals surface area contributed by atoms with E-state index >= 15 is 0 Å². The summed E-state index contributed by atoms with van der Waals surface area (Å²) in [6.07, 6.45) is 6.19. The zero-order chi connectivity index (χ0) is 19.8. The Balaban J connectivity index is 1.78. The first-order valence-corrected chi connectivity index (χ1v) is 8.88. The number of pyridine rings is 2. The third-order valence-electron chi connectivity index (χ3n) is 5.05. The van der Waals surface area contributed by atoms with Crippen molar-refractivity contribution >= 4 is 28.6 Å². The number of aliphatic carboxylic acids is 1. The molecule has 3 aromatic heterocycles. The Morgan fingerprint density at radius 1 is 1.21 bits per heavy atom. The van der Waals surface area contributed by atoms with Crippen LogP contribution in [0.3, 0.4) is 0 Å². The molecule has 3 heterocycles. The number of hydrogen-bond acceptors (Lipinski definition) is 6. The summed E-state index contributed by atoms with van der Waals surface area (Å²) in [6, 6.07) is 0.765. The molecule has 0 aliphatic heterocycles. The first-order chi connectivity index (χ1) is 13.5. The van der Waals surface area contributed by atoms with E-state index in [-0.39, 0.29) is 28.4 Å². The molecule has 4 rings (SSSR count). The van der Waals surface area contributed by atoms with E-state index in [0.29, 0.717) is 12.8 Å². The second-order valence-corrected chi connectivity index (χ2v) is 6.81. The van der Waals surface area contributed by atoms with Crippen molar-refractivity contribution in [1.82, 2.24) is 19.5 Å². The number of carboxylic acid groups (broad SMARTS) is 1. The monoisotopic (exact) mass is 388 g/mol. The number of fused-ring (bicyclic) bond motifs is 1. The molecule has 10 heteroatoms. The molecule has 0 radical (unpaired) electrons. The number of halogens is 2. The van der Waals surface area contributed by atoms with Gasteiger partial charge in [-0.25, -0.2) is 23.7 Å². The van der Waals surface area contributed by atoms with Crippen LogP contribution in [0.25, 0.3) is 16.9 Å². The summed E-state index contributed by atoms with van der Waals surface area (Å²) in [5.41, 5.74) is 6.60. The van der Waals surface area contributed by atoms with Gasteiger partial charge in [0.2, 0.25) is 0 Å². The van der Waals surface area contributed by atoms with Crippen LogP contribution in [-0.2, 0) is 4.79 Å². The number of imidazole rings is 1. The third-order valence-corrected chi connectivity index (χ3v) is 5.05. The molecule has 1 aliphatic carbocycles. The van der Waals surface area contributed by atoms with Crippen LogP contribution in [0.4, 0.5) is 20.3 Å². The van der Waals surface area contributed by atoms with E-state index in [2.05, 4.69) is 20.3 Å². The lowest BCUT2D eigenvalue weighted by molar-refractivity contribution is -0.143. The van der Waals surface area contributed by atoms with Gasteiger partial charge in [0.1, 0.15) is 29.2 Å². The number of aromatic nitrogens is 4. The molecule has 146 valence electrons. The molecule has 0 spiro atoms. The van der Waals surface area contributed by atoms with E-state index in [9.17, 15) is 18.7 Å². The van der Waals surface area contributed by atoms with Gasteiger partial charge in [0.15, 0.2) is 11.5 Å². The van der Waals surface area contributed by atoms with Gasteiger partial charge < -0.3 is 16.2 Å². The highest BCUT2D eigenvalue weighted by molar-refractivity contribution is 5.87. The highest BCUT2D eigenvalue weighted by Gasteiger charge is 2.32. The molecule has 4 N–H and O–H groups in total. The van der Waals surface area contributed by atoms with Gasteiger partial charge >= 0.3 is 5.97 Å². The van der Waals surface area contributed by atoms with E-state index in [1.807, 2.05) is 0 Å². The average molecular weight is 388 g/mol. The molecule has 0 amide bonds. The smallest absolute Gasteiger partial charge is 0.308 e. The Hall–Kier alpha value is -3.30. The van der Waals surface area contributed by atoms with Gasteiger partial charge in [-0.1, -0.05) is 12.8 Å². The fourth-order valence-electron chi connectivity index (χ4n) is 3.67. The summed E-state index contributed by atoms with van der Waals surface area (Å²) in [7, 11) is 0. The van der Waals surface area contributed by atoms with Crippen molar-refractivity contribution in [2.24, 2.45) is 5.92 Å². The summed E-state index contributed by atoms with van der Waals surface area (Å²) in [6.45, 7) is 0. The minimum absolute atomic E-state index is 0.0690. The number of carboxylic acids is 1. The molecule has 1 aliphatic rings. The second-order valence-electron chi connectivity index (χ2n) is 6.81. The van der Waals surface area contributed by atoms with Crippen LogP contribution in [0.1, 0.15) is 25.7 Å². The number of nitrogens with two attached hydrogens (primary N) is 1. The van der Waals surface area contributed by atoms with Gasteiger partial charge in [-0.2, -0.15) is 0 Å². The number of nitrogens with one attached hydrogen (secondary N) is 1.